The van der Waals surface area contributed by atoms with Crippen molar-refractivity contribution in [3.8, 4) is 0 Å². The molecule has 9 heteroatoms. The predicted octanol–water partition coefficient (Wildman–Crippen LogP) is 22.4. The van der Waals surface area contributed by atoms with Crippen LogP contribution in [0.4, 0.5) is 0 Å². The number of hydrogen-bond donors (Lipinski definition) is 6. The Hall–Kier alpha value is -1.33. The minimum Gasteiger partial charge on any atom is -0.394 e. The second kappa shape index (κ2) is 68.5. The second-order valence-corrected chi connectivity index (χ2v) is 27.9. The lowest BCUT2D eigenvalue weighted by Crippen LogP contribution is -2.60. The third-order valence-electron chi connectivity index (χ3n) is 19.3. The van der Waals surface area contributed by atoms with Gasteiger partial charge in [-0.2, -0.15) is 0 Å². The number of amides is 1. The molecule has 7 unspecified atom stereocenters. The maximum atomic E-state index is 13.2. The first-order valence-electron chi connectivity index (χ1n) is 39.6. The molecule has 1 heterocycles. The van der Waals surface area contributed by atoms with Gasteiger partial charge in [0.15, 0.2) is 6.29 Å². The molecule has 0 saturated carbocycles. The van der Waals surface area contributed by atoms with E-state index in [1.807, 2.05) is 6.08 Å². The lowest BCUT2D eigenvalue weighted by Gasteiger charge is -2.40. The molecule has 1 aliphatic rings. The monoisotopic (exact) mass is 1240 g/mol. The fourth-order valence-electron chi connectivity index (χ4n) is 13.1. The highest BCUT2D eigenvalue weighted by molar-refractivity contribution is 5.76. The lowest BCUT2D eigenvalue weighted by atomic mass is 9.99. The van der Waals surface area contributed by atoms with Crippen LogP contribution >= 0.6 is 0 Å². The van der Waals surface area contributed by atoms with Gasteiger partial charge in [-0.05, 0) is 44.9 Å². The normalized spacial score (nSPS) is 17.9. The van der Waals surface area contributed by atoms with Crippen LogP contribution in [0, 0.1) is 0 Å². The summed E-state index contributed by atoms with van der Waals surface area (Å²) >= 11 is 0. The Balaban J connectivity index is 2.05. The van der Waals surface area contributed by atoms with Crippen molar-refractivity contribution in [2.24, 2.45) is 0 Å². The van der Waals surface area contributed by atoms with Crippen molar-refractivity contribution in [3.05, 3.63) is 24.3 Å². The van der Waals surface area contributed by atoms with E-state index in [0.717, 1.165) is 38.5 Å². The van der Waals surface area contributed by atoms with Gasteiger partial charge in [-0.15, -0.1) is 0 Å². The zero-order chi connectivity index (χ0) is 63.5. The summed E-state index contributed by atoms with van der Waals surface area (Å²) in [5, 5.41) is 54.9. The summed E-state index contributed by atoms with van der Waals surface area (Å²) < 4.78 is 11.3. The van der Waals surface area contributed by atoms with Crippen molar-refractivity contribution in [1.82, 2.24) is 5.32 Å². The molecule has 1 aliphatic heterocycles. The van der Waals surface area contributed by atoms with Crippen LogP contribution in [0.25, 0.3) is 0 Å². The van der Waals surface area contributed by atoms with Crippen molar-refractivity contribution in [2.75, 3.05) is 13.2 Å². The van der Waals surface area contributed by atoms with Crippen LogP contribution in [0.3, 0.4) is 0 Å². The minimum absolute atomic E-state index is 0.166. The van der Waals surface area contributed by atoms with Gasteiger partial charge in [-0.3, -0.25) is 4.79 Å². The van der Waals surface area contributed by atoms with Gasteiger partial charge in [0.05, 0.1) is 25.4 Å². The number of carbonyl (C=O) groups is 1. The van der Waals surface area contributed by atoms with E-state index >= 15 is 0 Å². The molecular formula is C79H153NO8. The van der Waals surface area contributed by atoms with Crippen LogP contribution < -0.4 is 5.32 Å². The van der Waals surface area contributed by atoms with E-state index in [9.17, 15) is 30.3 Å². The standard InChI is InChI=1S/C79H153NO8/c1-3-5-7-9-11-13-15-17-19-21-23-25-27-29-31-33-34-35-36-37-38-39-40-41-43-45-47-49-51-53-55-57-59-61-63-65-67-69-75(83)80-72(71-87-79-78(86)77(85)76(84)74(70-81)88-79)73(82)68-66-64-62-60-58-56-54-52-50-48-46-44-42-32-30-28-26-24-22-20-18-16-14-12-10-8-6-4-2/h21,23,66,68,72-74,76-79,81-82,84-86H,3-20,22,24-65,67,69-71H2,1-2H3,(H,80,83)/b23-21-,68-66+. The first-order chi connectivity index (χ1) is 43.3. The smallest absolute Gasteiger partial charge is 0.220 e. The van der Waals surface area contributed by atoms with Gasteiger partial charge < -0.3 is 40.3 Å². The van der Waals surface area contributed by atoms with Crippen LogP contribution in [0.5, 0.6) is 0 Å². The van der Waals surface area contributed by atoms with E-state index < -0.39 is 49.5 Å². The van der Waals surface area contributed by atoms with E-state index in [2.05, 4.69) is 31.3 Å². The molecule has 88 heavy (non-hydrogen) atoms. The SMILES string of the molecule is CCCCCCCCCC/C=C\CCCCCCCCCCCCCCCCCCCCCCCCCCCC(=O)NC(COC1OC(CO)C(O)C(O)C1O)C(O)/C=C/CCCCCCCCCCCCCCCCCCCCCCCCCCCC. The predicted molar refractivity (Wildman–Crippen MR) is 378 cm³/mol. The van der Waals surface area contributed by atoms with Gasteiger partial charge in [-0.25, -0.2) is 0 Å². The first-order valence-corrected chi connectivity index (χ1v) is 39.6. The Labute approximate surface area is 547 Å². The topological polar surface area (TPSA) is 149 Å². The van der Waals surface area contributed by atoms with Crippen molar-refractivity contribution >= 4 is 5.91 Å². The summed E-state index contributed by atoms with van der Waals surface area (Å²) in [6.07, 6.45) is 84.7. The van der Waals surface area contributed by atoms with Gasteiger partial charge in [-0.1, -0.05) is 391 Å². The molecule has 0 bridgehead atoms. The molecule has 0 radical (unpaired) electrons. The Morgan fingerprint density at radius 1 is 0.375 bits per heavy atom. The third kappa shape index (κ3) is 56.2. The summed E-state index contributed by atoms with van der Waals surface area (Å²) in [5.41, 5.74) is 0. The zero-order valence-corrected chi connectivity index (χ0v) is 58.8. The van der Waals surface area contributed by atoms with E-state index in [0.29, 0.717) is 6.42 Å². The minimum atomic E-state index is -1.57. The van der Waals surface area contributed by atoms with E-state index in [4.69, 9.17) is 9.47 Å². The molecule has 0 aromatic carbocycles. The van der Waals surface area contributed by atoms with Crippen LogP contribution in [-0.2, 0) is 14.3 Å². The van der Waals surface area contributed by atoms with Crippen LogP contribution in [0.1, 0.15) is 418 Å². The second-order valence-electron chi connectivity index (χ2n) is 27.9. The molecular weight excluding hydrogens is 1090 g/mol. The van der Waals surface area contributed by atoms with Crippen LogP contribution in [-0.4, -0.2) is 87.5 Å². The maximum absolute atomic E-state index is 13.2. The average molecular weight is 1250 g/mol. The highest BCUT2D eigenvalue weighted by atomic mass is 16.7. The fourth-order valence-corrected chi connectivity index (χ4v) is 13.1. The lowest BCUT2D eigenvalue weighted by molar-refractivity contribution is -0.302. The highest BCUT2D eigenvalue weighted by Crippen LogP contribution is 2.24. The van der Waals surface area contributed by atoms with E-state index in [1.54, 1.807) is 6.08 Å². The average Bonchev–Trinajstić information content (AvgIpc) is 3.29. The molecule has 6 N–H and O–H groups in total. The molecule has 9 nitrogen and oxygen atoms in total. The van der Waals surface area contributed by atoms with E-state index in [1.165, 1.54) is 360 Å². The Morgan fingerprint density at radius 2 is 0.636 bits per heavy atom. The van der Waals surface area contributed by atoms with Gasteiger partial charge in [0.2, 0.25) is 5.91 Å². The van der Waals surface area contributed by atoms with Crippen LogP contribution in [0.15, 0.2) is 24.3 Å². The fraction of sp³-hybridized carbons (Fsp3) is 0.937. The number of rotatable bonds is 71. The van der Waals surface area contributed by atoms with Gasteiger partial charge >= 0.3 is 0 Å². The number of unbranched alkanes of at least 4 members (excludes halogenated alkanes) is 59. The largest absolute Gasteiger partial charge is 0.394 e. The molecule has 0 spiro atoms. The number of hydrogen-bond acceptors (Lipinski definition) is 8. The summed E-state index contributed by atoms with van der Waals surface area (Å²) in [6, 6.07) is -0.804. The van der Waals surface area contributed by atoms with Gasteiger partial charge in [0.1, 0.15) is 24.4 Å². The van der Waals surface area contributed by atoms with Crippen molar-refractivity contribution in [3.63, 3.8) is 0 Å². The van der Waals surface area contributed by atoms with Crippen LogP contribution in [0.2, 0.25) is 0 Å². The summed E-state index contributed by atoms with van der Waals surface area (Å²) in [6.45, 7) is 3.85. The number of aliphatic hydroxyl groups is 5. The maximum Gasteiger partial charge on any atom is 0.220 e. The number of aliphatic hydroxyl groups excluding tert-OH is 5. The summed E-state index contributed by atoms with van der Waals surface area (Å²) in [7, 11) is 0. The molecule has 0 aromatic rings. The number of nitrogens with one attached hydrogen (secondary N) is 1. The molecule has 522 valence electrons. The van der Waals surface area contributed by atoms with Crippen molar-refractivity contribution in [1.29, 1.82) is 0 Å². The third-order valence-corrected chi connectivity index (χ3v) is 19.3. The molecule has 1 amide bonds. The molecule has 1 rings (SSSR count). The van der Waals surface area contributed by atoms with Gasteiger partial charge in [0.25, 0.3) is 0 Å². The number of ether oxygens (including phenoxy) is 2. The molecule has 1 fully saturated rings. The first kappa shape index (κ1) is 84.7. The highest BCUT2D eigenvalue weighted by Gasteiger charge is 2.44. The molecule has 7 atom stereocenters. The Morgan fingerprint density at radius 3 is 0.920 bits per heavy atom. The van der Waals surface area contributed by atoms with Crippen molar-refractivity contribution in [2.45, 2.75) is 461 Å². The zero-order valence-electron chi connectivity index (χ0n) is 58.8. The Bertz CT molecular complexity index is 1440. The molecule has 0 aromatic heterocycles. The quantitative estimate of drug-likeness (QED) is 0.0261. The molecule has 0 aliphatic carbocycles. The summed E-state index contributed by atoms with van der Waals surface area (Å²) in [4.78, 5) is 13.2. The van der Waals surface area contributed by atoms with Gasteiger partial charge in [0, 0.05) is 6.42 Å². The van der Waals surface area contributed by atoms with E-state index in [-0.39, 0.29) is 12.5 Å². The summed E-state index contributed by atoms with van der Waals surface area (Å²) in [5.74, 6) is -0.166. The number of carbonyl (C=O) groups excluding carboxylic acids is 1. The number of allylic oxidation sites excluding steroid dienone is 3. The Kier molecular flexibility index (Phi) is 65.9. The molecule has 1 saturated heterocycles. The van der Waals surface area contributed by atoms with Crippen molar-refractivity contribution < 1.29 is 39.8 Å².